The van der Waals surface area contributed by atoms with Gasteiger partial charge < -0.3 is 5.11 Å². The molecule has 0 atom stereocenters. The highest BCUT2D eigenvalue weighted by Crippen LogP contribution is 2.25. The number of fused-ring (bicyclic) bond motifs is 1. The number of hydrogen-bond donors (Lipinski definition) is 1. The Morgan fingerprint density at radius 1 is 1.05 bits per heavy atom. The van der Waals surface area contributed by atoms with E-state index in [0.717, 1.165) is 27.9 Å². The first kappa shape index (κ1) is 14.3. The first-order chi connectivity index (χ1) is 10.4. The third kappa shape index (κ3) is 2.15. The molecule has 3 aromatic rings. The van der Waals surface area contributed by atoms with E-state index in [-0.39, 0.29) is 5.69 Å². The van der Waals surface area contributed by atoms with Gasteiger partial charge in [-0.1, -0.05) is 6.07 Å². The predicted molar refractivity (Wildman–Crippen MR) is 84.8 cm³/mol. The van der Waals surface area contributed by atoms with Crippen molar-refractivity contribution < 1.29 is 9.90 Å². The van der Waals surface area contributed by atoms with Crippen molar-refractivity contribution >= 4 is 17.0 Å². The van der Waals surface area contributed by atoms with E-state index in [9.17, 15) is 9.90 Å². The van der Waals surface area contributed by atoms with Crippen molar-refractivity contribution in [1.82, 2.24) is 14.8 Å². The van der Waals surface area contributed by atoms with Crippen LogP contribution in [0, 0.1) is 27.7 Å². The zero-order valence-electron chi connectivity index (χ0n) is 13.0. The molecule has 0 aliphatic heterocycles. The lowest BCUT2D eigenvalue weighted by molar-refractivity contribution is 0.0690. The maximum absolute atomic E-state index is 11.3. The van der Waals surface area contributed by atoms with Gasteiger partial charge in [-0.15, -0.1) is 0 Å². The summed E-state index contributed by atoms with van der Waals surface area (Å²) in [5.41, 5.74) is 5.58. The van der Waals surface area contributed by atoms with Crippen LogP contribution in [0.5, 0.6) is 0 Å². The minimum Gasteiger partial charge on any atom is -0.477 e. The summed E-state index contributed by atoms with van der Waals surface area (Å²) in [6.07, 6.45) is 0. The molecule has 1 N–H and O–H groups in total. The minimum absolute atomic E-state index is 0.0370. The van der Waals surface area contributed by atoms with Crippen LogP contribution in [0.25, 0.3) is 16.7 Å². The molecule has 0 unspecified atom stereocenters. The largest absolute Gasteiger partial charge is 0.477 e. The van der Waals surface area contributed by atoms with Crippen LogP contribution in [0.2, 0.25) is 0 Å². The summed E-state index contributed by atoms with van der Waals surface area (Å²) >= 11 is 0. The lowest BCUT2D eigenvalue weighted by atomic mass is 10.1. The number of aromatic nitrogens is 3. The van der Waals surface area contributed by atoms with Gasteiger partial charge in [0.15, 0.2) is 11.3 Å². The molecule has 0 aliphatic carbocycles. The molecule has 5 nitrogen and oxygen atoms in total. The van der Waals surface area contributed by atoms with Gasteiger partial charge in [0.05, 0.1) is 11.4 Å². The number of carboxylic acid groups (broad SMARTS) is 1. The summed E-state index contributed by atoms with van der Waals surface area (Å²) in [7, 11) is 0. The number of pyridine rings is 1. The zero-order valence-corrected chi connectivity index (χ0v) is 13.0. The van der Waals surface area contributed by atoms with Crippen LogP contribution in [0.1, 0.15) is 32.9 Å². The molecule has 112 valence electrons. The summed E-state index contributed by atoms with van der Waals surface area (Å²) < 4.78 is 1.72. The molecule has 0 fully saturated rings. The highest BCUT2D eigenvalue weighted by Gasteiger charge is 2.16. The van der Waals surface area contributed by atoms with E-state index in [0.29, 0.717) is 5.65 Å². The van der Waals surface area contributed by atoms with Crippen molar-refractivity contribution in [3.05, 3.63) is 52.3 Å². The first-order valence-corrected chi connectivity index (χ1v) is 7.06. The average molecular weight is 295 g/mol. The molecule has 1 aromatic carbocycles. The van der Waals surface area contributed by atoms with Crippen molar-refractivity contribution in [2.45, 2.75) is 27.7 Å². The SMILES string of the molecule is Cc1ccc(-n2nc(C)c3c(C)cc(C(=O)O)nc32)cc1C. The van der Waals surface area contributed by atoms with Gasteiger partial charge in [-0.2, -0.15) is 5.10 Å². The molecule has 0 saturated carbocycles. The second kappa shape index (κ2) is 4.94. The van der Waals surface area contributed by atoms with Crippen molar-refractivity contribution in [2.75, 3.05) is 0 Å². The van der Waals surface area contributed by atoms with Gasteiger partial charge in [0, 0.05) is 5.39 Å². The molecule has 0 saturated heterocycles. The molecular weight excluding hydrogens is 278 g/mol. The fourth-order valence-electron chi connectivity index (χ4n) is 2.65. The highest BCUT2D eigenvalue weighted by atomic mass is 16.4. The minimum atomic E-state index is -1.03. The molecule has 22 heavy (non-hydrogen) atoms. The molecule has 5 heteroatoms. The van der Waals surface area contributed by atoms with Crippen molar-refractivity contribution in [3.63, 3.8) is 0 Å². The smallest absolute Gasteiger partial charge is 0.354 e. The van der Waals surface area contributed by atoms with E-state index in [1.54, 1.807) is 10.7 Å². The van der Waals surface area contributed by atoms with Crippen molar-refractivity contribution in [2.24, 2.45) is 0 Å². The standard InChI is InChI=1S/C17H17N3O2/c1-9-5-6-13(7-10(9)2)20-16-15(12(4)19-20)11(3)8-14(18-16)17(21)22/h5-8H,1-4H3,(H,21,22). The first-order valence-electron chi connectivity index (χ1n) is 7.06. The Bertz CT molecular complexity index is 910. The van der Waals surface area contributed by atoms with Gasteiger partial charge in [0.2, 0.25) is 0 Å². The van der Waals surface area contributed by atoms with Crippen LogP contribution in [0.3, 0.4) is 0 Å². The quantitative estimate of drug-likeness (QED) is 0.787. The van der Waals surface area contributed by atoms with E-state index in [1.807, 2.05) is 39.0 Å². The predicted octanol–water partition coefficient (Wildman–Crippen LogP) is 3.35. The molecule has 0 aliphatic rings. The van der Waals surface area contributed by atoms with Crippen LogP contribution in [0.15, 0.2) is 24.3 Å². The summed E-state index contributed by atoms with van der Waals surface area (Å²) in [6.45, 7) is 7.89. The molecule has 0 spiro atoms. The lowest BCUT2D eigenvalue weighted by Crippen LogP contribution is -2.04. The Morgan fingerprint density at radius 2 is 1.77 bits per heavy atom. The number of hydrogen-bond acceptors (Lipinski definition) is 3. The van der Waals surface area contributed by atoms with Gasteiger partial charge >= 0.3 is 5.97 Å². The normalized spacial score (nSPS) is 11.1. The molecule has 0 bridgehead atoms. The number of rotatable bonds is 2. The van der Waals surface area contributed by atoms with Gasteiger partial charge in [0.1, 0.15) is 0 Å². The van der Waals surface area contributed by atoms with Crippen molar-refractivity contribution in [1.29, 1.82) is 0 Å². The third-order valence-corrected chi connectivity index (χ3v) is 3.96. The van der Waals surface area contributed by atoms with Crippen LogP contribution < -0.4 is 0 Å². The molecule has 3 rings (SSSR count). The van der Waals surface area contributed by atoms with E-state index in [1.165, 1.54) is 5.56 Å². The number of carbonyl (C=O) groups is 1. The highest BCUT2D eigenvalue weighted by molar-refractivity contribution is 5.91. The number of carboxylic acids is 1. The van der Waals surface area contributed by atoms with Gasteiger partial charge in [-0.05, 0) is 62.6 Å². The van der Waals surface area contributed by atoms with Crippen LogP contribution in [-0.4, -0.2) is 25.8 Å². The van der Waals surface area contributed by atoms with E-state index in [4.69, 9.17) is 0 Å². The van der Waals surface area contributed by atoms with E-state index in [2.05, 4.69) is 17.0 Å². The lowest BCUT2D eigenvalue weighted by Gasteiger charge is -2.07. The topological polar surface area (TPSA) is 68.0 Å². The molecule has 2 aromatic heterocycles. The Morgan fingerprint density at radius 3 is 2.41 bits per heavy atom. The van der Waals surface area contributed by atoms with Gasteiger partial charge in [-0.3, -0.25) is 0 Å². The van der Waals surface area contributed by atoms with Gasteiger partial charge in [0.25, 0.3) is 0 Å². The molecule has 0 radical (unpaired) electrons. The fraction of sp³-hybridized carbons (Fsp3) is 0.235. The van der Waals surface area contributed by atoms with Crippen LogP contribution in [-0.2, 0) is 0 Å². The number of nitrogens with zero attached hydrogens (tertiary/aromatic N) is 3. The van der Waals surface area contributed by atoms with E-state index >= 15 is 0 Å². The third-order valence-electron chi connectivity index (χ3n) is 3.96. The zero-order chi connectivity index (χ0) is 16.0. The number of aromatic carboxylic acids is 1. The summed E-state index contributed by atoms with van der Waals surface area (Å²) in [6, 6.07) is 7.62. The molecular formula is C17H17N3O2. The maximum Gasteiger partial charge on any atom is 0.354 e. The fourth-order valence-corrected chi connectivity index (χ4v) is 2.65. The summed E-state index contributed by atoms with van der Waals surface area (Å²) in [4.78, 5) is 15.5. The Labute approximate surface area is 128 Å². The number of benzene rings is 1. The van der Waals surface area contributed by atoms with Crippen LogP contribution >= 0.6 is 0 Å². The number of aryl methyl sites for hydroxylation is 4. The van der Waals surface area contributed by atoms with Crippen molar-refractivity contribution in [3.8, 4) is 5.69 Å². The Kier molecular flexibility index (Phi) is 3.20. The monoisotopic (exact) mass is 295 g/mol. The second-order valence-electron chi connectivity index (χ2n) is 5.59. The molecule has 0 amide bonds. The summed E-state index contributed by atoms with van der Waals surface area (Å²) in [5, 5.41) is 14.7. The Balaban J connectivity index is 2.34. The summed E-state index contributed by atoms with van der Waals surface area (Å²) in [5.74, 6) is -1.03. The maximum atomic E-state index is 11.3. The van der Waals surface area contributed by atoms with Crippen LogP contribution in [0.4, 0.5) is 0 Å². The average Bonchev–Trinajstić information content (AvgIpc) is 2.79. The Hall–Kier alpha value is -2.69. The second-order valence-corrected chi connectivity index (χ2v) is 5.59. The molecule has 2 heterocycles. The van der Waals surface area contributed by atoms with Gasteiger partial charge in [-0.25, -0.2) is 14.5 Å². The van der Waals surface area contributed by atoms with E-state index < -0.39 is 5.97 Å².